The van der Waals surface area contributed by atoms with Gasteiger partial charge in [0.05, 0.1) is 13.4 Å². The average Bonchev–Trinajstić information content (AvgIpc) is 2.42. The van der Waals surface area contributed by atoms with Crippen LogP contribution in [-0.2, 0) is 9.53 Å². The van der Waals surface area contributed by atoms with Crippen LogP contribution in [0.15, 0.2) is 54.8 Å². The zero-order chi connectivity index (χ0) is 13.4. The van der Waals surface area contributed by atoms with E-state index in [-0.39, 0.29) is 0 Å². The van der Waals surface area contributed by atoms with Crippen molar-refractivity contribution in [3.8, 4) is 5.75 Å². The van der Waals surface area contributed by atoms with E-state index >= 15 is 0 Å². The van der Waals surface area contributed by atoms with Gasteiger partial charge in [-0.05, 0) is 36.3 Å². The van der Waals surface area contributed by atoms with Crippen molar-refractivity contribution in [3.05, 3.63) is 60.4 Å². The van der Waals surface area contributed by atoms with Crippen molar-refractivity contribution in [1.29, 1.82) is 0 Å². The number of carbonyl (C=O) groups excluding carboxylic acids is 1. The summed E-state index contributed by atoms with van der Waals surface area (Å²) < 4.78 is 9.92. The second-order valence-electron chi connectivity index (χ2n) is 3.61. The van der Waals surface area contributed by atoms with E-state index in [1.807, 2.05) is 24.3 Å². The van der Waals surface area contributed by atoms with E-state index in [4.69, 9.17) is 9.47 Å². The molecule has 0 aliphatic carbocycles. The van der Waals surface area contributed by atoms with Crippen LogP contribution in [-0.4, -0.2) is 13.1 Å². The van der Waals surface area contributed by atoms with Crippen molar-refractivity contribution in [3.63, 3.8) is 0 Å². The number of allylic oxidation sites excluding steroid dienone is 2. The van der Waals surface area contributed by atoms with Crippen LogP contribution >= 0.6 is 0 Å². The lowest BCUT2D eigenvalue weighted by molar-refractivity contribution is -0.132. The highest BCUT2D eigenvalue weighted by molar-refractivity contribution is 5.87. The van der Waals surface area contributed by atoms with Crippen molar-refractivity contribution in [2.45, 2.75) is 6.92 Å². The van der Waals surface area contributed by atoms with Gasteiger partial charge in [-0.2, -0.15) is 0 Å². The molecule has 3 heteroatoms. The Labute approximate surface area is 107 Å². The Bertz CT molecular complexity index is 467. The summed E-state index contributed by atoms with van der Waals surface area (Å²) in [6.07, 6.45) is 6.03. The van der Waals surface area contributed by atoms with Crippen LogP contribution in [0.4, 0.5) is 0 Å². The van der Waals surface area contributed by atoms with Crippen LogP contribution in [0.3, 0.4) is 0 Å². The van der Waals surface area contributed by atoms with Crippen LogP contribution in [0.25, 0.3) is 6.08 Å². The molecule has 1 aromatic rings. The molecule has 0 heterocycles. The maximum absolute atomic E-state index is 11.3. The third-order valence-corrected chi connectivity index (χ3v) is 2.21. The van der Waals surface area contributed by atoms with Crippen molar-refractivity contribution < 1.29 is 14.3 Å². The Hall–Kier alpha value is -2.29. The minimum atomic E-state index is -0.424. The van der Waals surface area contributed by atoms with Gasteiger partial charge in [-0.3, -0.25) is 0 Å². The van der Waals surface area contributed by atoms with Gasteiger partial charge in [0.2, 0.25) is 0 Å². The van der Waals surface area contributed by atoms with E-state index in [0.717, 1.165) is 16.9 Å². The Morgan fingerprint density at radius 2 is 1.94 bits per heavy atom. The van der Waals surface area contributed by atoms with Crippen LogP contribution in [0, 0.1) is 0 Å². The van der Waals surface area contributed by atoms with Gasteiger partial charge in [0.15, 0.2) is 0 Å². The predicted molar refractivity (Wildman–Crippen MR) is 72.1 cm³/mol. The highest BCUT2D eigenvalue weighted by Gasteiger charge is 1.95. The Balaban J connectivity index is 2.57. The highest BCUT2D eigenvalue weighted by atomic mass is 16.5. The van der Waals surface area contributed by atoms with Gasteiger partial charge in [-0.1, -0.05) is 24.8 Å². The average molecular weight is 244 g/mol. The molecule has 0 saturated carbocycles. The first kappa shape index (κ1) is 13.8. The number of hydrogen-bond donors (Lipinski definition) is 0. The lowest BCUT2D eigenvalue weighted by atomic mass is 10.2. The van der Waals surface area contributed by atoms with Gasteiger partial charge in [0.1, 0.15) is 5.75 Å². The van der Waals surface area contributed by atoms with Crippen LogP contribution < -0.4 is 4.74 Å². The molecule has 0 radical (unpaired) electrons. The number of methoxy groups -OCH3 is 1. The van der Waals surface area contributed by atoms with Crippen LogP contribution in [0.2, 0.25) is 0 Å². The van der Waals surface area contributed by atoms with Gasteiger partial charge < -0.3 is 9.47 Å². The third-order valence-electron chi connectivity index (χ3n) is 2.21. The number of esters is 1. The van der Waals surface area contributed by atoms with E-state index in [1.165, 1.54) is 12.3 Å². The summed E-state index contributed by atoms with van der Waals surface area (Å²) in [6, 6.07) is 7.36. The molecule has 0 N–H and O–H groups in total. The van der Waals surface area contributed by atoms with Gasteiger partial charge in [-0.25, -0.2) is 4.79 Å². The fraction of sp³-hybridized carbons (Fsp3) is 0.133. The fourth-order valence-electron chi connectivity index (χ4n) is 1.12. The van der Waals surface area contributed by atoms with Crippen molar-refractivity contribution >= 4 is 12.0 Å². The molecule has 3 nitrogen and oxygen atoms in total. The summed E-state index contributed by atoms with van der Waals surface area (Å²) >= 11 is 0. The normalized spacial score (nSPS) is 11.3. The molecule has 0 saturated heterocycles. The molecule has 0 fully saturated rings. The minimum absolute atomic E-state index is 0.424. The summed E-state index contributed by atoms with van der Waals surface area (Å²) in [5.74, 6) is 0.353. The van der Waals surface area contributed by atoms with Gasteiger partial charge in [-0.15, -0.1) is 0 Å². The molecule has 0 aliphatic heterocycles. The molecule has 0 unspecified atom stereocenters. The molecular weight excluding hydrogens is 228 g/mol. The molecule has 0 aliphatic rings. The fourth-order valence-corrected chi connectivity index (χ4v) is 1.12. The monoisotopic (exact) mass is 244 g/mol. The molecule has 1 rings (SSSR count). The first-order chi connectivity index (χ1) is 8.65. The van der Waals surface area contributed by atoms with Crippen LogP contribution in [0.1, 0.15) is 12.5 Å². The summed E-state index contributed by atoms with van der Waals surface area (Å²) in [4.78, 5) is 11.3. The second-order valence-corrected chi connectivity index (χ2v) is 3.61. The zero-order valence-corrected chi connectivity index (χ0v) is 10.6. The molecular formula is C15H16O3. The van der Waals surface area contributed by atoms with Crippen molar-refractivity contribution in [2.75, 3.05) is 7.11 Å². The lowest BCUT2D eigenvalue weighted by Crippen LogP contribution is -1.94. The number of carbonyl (C=O) groups is 1. The Morgan fingerprint density at radius 3 is 2.50 bits per heavy atom. The zero-order valence-electron chi connectivity index (χ0n) is 10.6. The lowest BCUT2D eigenvalue weighted by Gasteiger charge is -1.99. The quantitative estimate of drug-likeness (QED) is 0.345. The first-order valence-corrected chi connectivity index (χ1v) is 5.47. The molecule has 0 amide bonds. The number of rotatable bonds is 5. The van der Waals surface area contributed by atoms with E-state index in [0.29, 0.717) is 0 Å². The summed E-state index contributed by atoms with van der Waals surface area (Å²) in [5, 5.41) is 0. The topological polar surface area (TPSA) is 35.5 Å². The molecule has 0 spiro atoms. The largest absolute Gasteiger partial charge is 0.497 e. The maximum atomic E-state index is 11.3. The van der Waals surface area contributed by atoms with Gasteiger partial charge in [0, 0.05) is 6.08 Å². The van der Waals surface area contributed by atoms with Crippen molar-refractivity contribution in [1.82, 2.24) is 0 Å². The van der Waals surface area contributed by atoms with E-state index in [9.17, 15) is 4.79 Å². The Morgan fingerprint density at radius 1 is 1.28 bits per heavy atom. The van der Waals surface area contributed by atoms with Gasteiger partial charge >= 0.3 is 5.97 Å². The molecule has 0 aromatic heterocycles. The second kappa shape index (κ2) is 7.12. The molecule has 0 bridgehead atoms. The molecule has 94 valence electrons. The molecule has 1 aromatic carbocycles. The molecule has 0 atom stereocenters. The molecule has 18 heavy (non-hydrogen) atoms. The smallest absolute Gasteiger partial charge is 0.335 e. The van der Waals surface area contributed by atoms with E-state index in [1.54, 1.807) is 26.2 Å². The predicted octanol–water partition coefficient (Wildman–Crippen LogP) is 3.34. The third kappa shape index (κ3) is 4.70. The standard InChI is InChI=1S/C15H16O3/c1-4-12(2)11-18-15(16)10-7-13-5-8-14(17-3)9-6-13/h4-11H,1H2,2-3H3/b10-7+,12-11?. The van der Waals surface area contributed by atoms with E-state index in [2.05, 4.69) is 6.58 Å². The number of hydrogen-bond acceptors (Lipinski definition) is 3. The number of benzene rings is 1. The summed E-state index contributed by atoms with van der Waals surface area (Å²) in [6.45, 7) is 5.36. The van der Waals surface area contributed by atoms with Crippen LogP contribution in [0.5, 0.6) is 5.75 Å². The maximum Gasteiger partial charge on any atom is 0.335 e. The van der Waals surface area contributed by atoms with Gasteiger partial charge in [0.25, 0.3) is 0 Å². The Kier molecular flexibility index (Phi) is 5.45. The first-order valence-electron chi connectivity index (χ1n) is 5.47. The number of ether oxygens (including phenoxy) is 2. The van der Waals surface area contributed by atoms with E-state index < -0.39 is 5.97 Å². The minimum Gasteiger partial charge on any atom is -0.497 e. The summed E-state index contributed by atoms with van der Waals surface area (Å²) in [7, 11) is 1.61. The SMILES string of the molecule is C=CC(C)=COC(=O)/C=C/c1ccc(OC)cc1. The summed E-state index contributed by atoms with van der Waals surface area (Å²) in [5.41, 5.74) is 1.69. The highest BCUT2D eigenvalue weighted by Crippen LogP contribution is 2.12. The van der Waals surface area contributed by atoms with Crippen molar-refractivity contribution in [2.24, 2.45) is 0 Å².